The molecule has 2 atom stereocenters. The van der Waals surface area contributed by atoms with Crippen LogP contribution in [0.5, 0.6) is 0 Å². The van der Waals surface area contributed by atoms with E-state index in [9.17, 15) is 14.4 Å². The lowest BCUT2D eigenvalue weighted by Gasteiger charge is -2.23. The lowest BCUT2D eigenvalue weighted by Crippen LogP contribution is -2.47. The summed E-state index contributed by atoms with van der Waals surface area (Å²) < 4.78 is 5.31. The summed E-state index contributed by atoms with van der Waals surface area (Å²) in [7, 11) is 0. The SMILES string of the molecule is CC(C)[C@H](NC(=O)c1ccc(C(C)(C)C)cc1)C(=O)O[C@@H](C)C(=O)Nc1ncc(Cl)cc1Cl. The molecule has 7 nitrogen and oxygen atoms in total. The maximum Gasteiger partial charge on any atom is 0.329 e. The maximum absolute atomic E-state index is 12.7. The molecule has 0 saturated carbocycles. The molecule has 2 rings (SSSR count). The first-order valence-corrected chi connectivity index (χ1v) is 11.3. The number of carbonyl (C=O) groups excluding carboxylic acids is 3. The van der Waals surface area contributed by atoms with Gasteiger partial charge < -0.3 is 15.4 Å². The first-order chi connectivity index (χ1) is 15.3. The molecule has 9 heteroatoms. The van der Waals surface area contributed by atoms with Gasteiger partial charge in [-0.25, -0.2) is 9.78 Å². The highest BCUT2D eigenvalue weighted by atomic mass is 35.5. The highest BCUT2D eigenvalue weighted by Gasteiger charge is 2.29. The molecule has 0 spiro atoms. The normalized spacial score (nSPS) is 13.2. The van der Waals surface area contributed by atoms with Crippen LogP contribution in [0.3, 0.4) is 0 Å². The third kappa shape index (κ3) is 7.44. The number of pyridine rings is 1. The molecular weight excluding hydrogens is 465 g/mol. The Morgan fingerprint density at radius 2 is 1.64 bits per heavy atom. The largest absolute Gasteiger partial charge is 0.451 e. The molecule has 0 radical (unpaired) electrons. The third-order valence-corrected chi connectivity index (χ3v) is 5.43. The molecule has 2 amide bonds. The molecular formula is C24H29Cl2N3O4. The minimum absolute atomic E-state index is 0.0399. The second-order valence-corrected chi connectivity index (χ2v) is 9.92. The Bertz CT molecular complexity index is 1020. The second kappa shape index (κ2) is 11.0. The fourth-order valence-corrected chi connectivity index (χ4v) is 3.30. The summed E-state index contributed by atoms with van der Waals surface area (Å²) in [5.74, 6) is -1.91. The van der Waals surface area contributed by atoms with Crippen molar-refractivity contribution in [3.05, 3.63) is 57.7 Å². The average molecular weight is 494 g/mol. The van der Waals surface area contributed by atoms with Gasteiger partial charge in [-0.05, 0) is 42.0 Å². The molecule has 0 aliphatic heterocycles. The van der Waals surface area contributed by atoms with Crippen molar-refractivity contribution in [2.75, 3.05) is 5.32 Å². The first kappa shape index (κ1) is 26.6. The van der Waals surface area contributed by atoms with Crippen LogP contribution >= 0.6 is 23.2 Å². The molecule has 0 saturated heterocycles. The van der Waals surface area contributed by atoms with Crippen molar-refractivity contribution in [1.82, 2.24) is 10.3 Å². The summed E-state index contributed by atoms with van der Waals surface area (Å²) in [5.41, 5.74) is 1.48. The van der Waals surface area contributed by atoms with Gasteiger partial charge in [0.15, 0.2) is 11.9 Å². The summed E-state index contributed by atoms with van der Waals surface area (Å²) in [6.45, 7) is 11.2. The number of hydrogen-bond acceptors (Lipinski definition) is 5. The summed E-state index contributed by atoms with van der Waals surface area (Å²) in [6, 6.07) is 7.71. The van der Waals surface area contributed by atoms with Crippen LogP contribution in [0.1, 0.15) is 57.5 Å². The molecule has 33 heavy (non-hydrogen) atoms. The van der Waals surface area contributed by atoms with Crippen LogP contribution in [0.15, 0.2) is 36.5 Å². The number of aromatic nitrogens is 1. The van der Waals surface area contributed by atoms with Gasteiger partial charge in [0, 0.05) is 11.8 Å². The molecule has 1 aromatic heterocycles. The molecule has 1 heterocycles. The number of amides is 2. The number of hydrogen-bond donors (Lipinski definition) is 2. The van der Waals surface area contributed by atoms with Gasteiger partial charge in [-0.3, -0.25) is 9.59 Å². The molecule has 178 valence electrons. The number of halogens is 2. The first-order valence-electron chi connectivity index (χ1n) is 10.5. The van der Waals surface area contributed by atoms with Gasteiger partial charge in [0.2, 0.25) is 0 Å². The minimum Gasteiger partial charge on any atom is -0.451 e. The molecule has 0 aliphatic carbocycles. The van der Waals surface area contributed by atoms with Crippen molar-refractivity contribution in [3.8, 4) is 0 Å². The number of carbonyl (C=O) groups is 3. The van der Waals surface area contributed by atoms with E-state index >= 15 is 0 Å². The van der Waals surface area contributed by atoms with Crippen molar-refractivity contribution in [3.63, 3.8) is 0 Å². The molecule has 1 aromatic carbocycles. The van der Waals surface area contributed by atoms with Crippen molar-refractivity contribution in [2.45, 2.75) is 59.1 Å². The molecule has 0 aliphatic rings. The Kier molecular flexibility index (Phi) is 8.86. The Morgan fingerprint density at radius 1 is 1.03 bits per heavy atom. The number of ether oxygens (including phenoxy) is 1. The van der Waals surface area contributed by atoms with Crippen LogP contribution in [0.4, 0.5) is 5.82 Å². The lowest BCUT2D eigenvalue weighted by molar-refractivity contribution is -0.156. The van der Waals surface area contributed by atoms with Crippen LogP contribution in [-0.4, -0.2) is 34.9 Å². The average Bonchev–Trinajstić information content (AvgIpc) is 2.72. The standard InChI is InChI=1S/C24H29Cl2N3O4/c1-13(2)19(28-22(31)15-7-9-16(10-8-15)24(4,5)6)23(32)33-14(3)21(30)29-20-18(26)11-17(25)12-27-20/h7-14,19H,1-6H3,(H,28,31)(H,27,29,30)/t14-,19-/m0/s1. The van der Waals surface area contributed by atoms with Crippen molar-refractivity contribution < 1.29 is 19.1 Å². The number of nitrogens with zero attached hydrogens (tertiary/aromatic N) is 1. The monoisotopic (exact) mass is 493 g/mol. The van der Waals surface area contributed by atoms with Crippen molar-refractivity contribution in [2.24, 2.45) is 5.92 Å². The zero-order chi connectivity index (χ0) is 24.9. The third-order valence-electron chi connectivity index (χ3n) is 4.93. The van der Waals surface area contributed by atoms with Gasteiger partial charge in [0.1, 0.15) is 6.04 Å². The lowest BCUT2D eigenvalue weighted by atomic mass is 9.86. The van der Waals surface area contributed by atoms with E-state index in [1.807, 2.05) is 12.1 Å². The van der Waals surface area contributed by atoms with E-state index in [0.29, 0.717) is 10.6 Å². The fraction of sp³-hybridized carbons (Fsp3) is 0.417. The molecule has 2 aromatic rings. The van der Waals surface area contributed by atoms with E-state index in [-0.39, 0.29) is 22.2 Å². The van der Waals surface area contributed by atoms with Crippen LogP contribution in [0.2, 0.25) is 10.0 Å². The highest BCUT2D eigenvalue weighted by molar-refractivity contribution is 6.36. The Hall–Kier alpha value is -2.64. The van der Waals surface area contributed by atoms with Crippen molar-refractivity contribution >= 4 is 46.8 Å². The Balaban J connectivity index is 2.03. The van der Waals surface area contributed by atoms with Crippen LogP contribution in [-0.2, 0) is 19.7 Å². The van der Waals surface area contributed by atoms with E-state index in [0.717, 1.165) is 5.56 Å². The van der Waals surface area contributed by atoms with E-state index < -0.39 is 29.9 Å². The molecule has 0 bridgehead atoms. The Morgan fingerprint density at radius 3 is 2.15 bits per heavy atom. The highest BCUT2D eigenvalue weighted by Crippen LogP contribution is 2.23. The number of rotatable bonds is 7. The summed E-state index contributed by atoms with van der Waals surface area (Å²) in [4.78, 5) is 41.8. The van der Waals surface area contributed by atoms with E-state index in [2.05, 4.69) is 36.4 Å². The zero-order valence-electron chi connectivity index (χ0n) is 19.5. The number of anilines is 1. The number of esters is 1. The molecule has 0 unspecified atom stereocenters. The quantitative estimate of drug-likeness (QED) is 0.528. The van der Waals surface area contributed by atoms with Crippen LogP contribution < -0.4 is 10.6 Å². The fourth-order valence-electron chi connectivity index (χ4n) is 2.87. The van der Waals surface area contributed by atoms with E-state index in [1.54, 1.807) is 26.0 Å². The summed E-state index contributed by atoms with van der Waals surface area (Å²) in [6.07, 6.45) is 0.188. The topological polar surface area (TPSA) is 97.4 Å². The van der Waals surface area contributed by atoms with Crippen LogP contribution in [0, 0.1) is 5.92 Å². The maximum atomic E-state index is 12.7. The van der Waals surface area contributed by atoms with Crippen LogP contribution in [0.25, 0.3) is 0 Å². The number of benzene rings is 1. The smallest absolute Gasteiger partial charge is 0.329 e. The van der Waals surface area contributed by atoms with Gasteiger partial charge in [0.05, 0.1) is 10.0 Å². The van der Waals surface area contributed by atoms with E-state index in [1.165, 1.54) is 19.2 Å². The predicted molar refractivity (Wildman–Crippen MR) is 130 cm³/mol. The second-order valence-electron chi connectivity index (χ2n) is 9.07. The molecule has 2 N–H and O–H groups in total. The van der Waals surface area contributed by atoms with Gasteiger partial charge in [0.25, 0.3) is 11.8 Å². The van der Waals surface area contributed by atoms with Gasteiger partial charge in [-0.15, -0.1) is 0 Å². The molecule has 0 fully saturated rings. The predicted octanol–water partition coefficient (Wildman–Crippen LogP) is 5.01. The van der Waals surface area contributed by atoms with Gasteiger partial charge >= 0.3 is 5.97 Å². The zero-order valence-corrected chi connectivity index (χ0v) is 21.0. The number of nitrogens with one attached hydrogen (secondary N) is 2. The van der Waals surface area contributed by atoms with Gasteiger partial charge in [-0.1, -0.05) is 70.0 Å². The minimum atomic E-state index is -1.14. The Labute approximate surface area is 204 Å². The summed E-state index contributed by atoms with van der Waals surface area (Å²) in [5, 5.41) is 5.67. The van der Waals surface area contributed by atoms with E-state index in [4.69, 9.17) is 27.9 Å². The van der Waals surface area contributed by atoms with Gasteiger partial charge in [-0.2, -0.15) is 0 Å². The van der Waals surface area contributed by atoms with Crippen molar-refractivity contribution in [1.29, 1.82) is 0 Å². The summed E-state index contributed by atoms with van der Waals surface area (Å²) >= 11 is 11.8.